The Kier molecular flexibility index (Phi) is 5.48. The Balaban J connectivity index is 2.19. The summed E-state index contributed by atoms with van der Waals surface area (Å²) in [6.45, 7) is 0. The molecule has 3 atom stereocenters. The fourth-order valence-corrected chi connectivity index (χ4v) is 5.01. The highest BCUT2D eigenvalue weighted by Crippen LogP contribution is 2.36. The first-order chi connectivity index (χ1) is 9.41. The second-order valence-electron chi connectivity index (χ2n) is 5.70. The van der Waals surface area contributed by atoms with Gasteiger partial charge >= 0.3 is 0 Å². The van der Waals surface area contributed by atoms with Crippen LogP contribution in [0, 0.1) is 9.49 Å². The molecule has 1 aliphatic rings. The highest BCUT2D eigenvalue weighted by atomic mass is 127. The highest BCUT2D eigenvalue weighted by molar-refractivity contribution is 14.1. The maximum atomic E-state index is 11.8. The second kappa shape index (κ2) is 6.75. The summed E-state index contributed by atoms with van der Waals surface area (Å²) in [5.41, 5.74) is 1.26. The van der Waals surface area contributed by atoms with Crippen molar-refractivity contribution in [1.82, 2.24) is 5.32 Å². The average molecular weight is 407 g/mol. The minimum absolute atomic E-state index is 0.167. The number of benzene rings is 1. The molecule has 0 bridgehead atoms. The summed E-state index contributed by atoms with van der Waals surface area (Å²) in [7, 11) is -0.953. The molecular weight excluding hydrogens is 385 g/mol. The Hall–Kier alpha value is -0.140. The lowest BCUT2D eigenvalue weighted by Gasteiger charge is -2.34. The number of hydrogen-bond acceptors (Lipinski definition) is 3. The number of nitrogens with one attached hydrogen (secondary N) is 1. The van der Waals surface area contributed by atoms with Crippen LogP contribution in [0.5, 0.6) is 0 Å². The van der Waals surface area contributed by atoms with Crippen molar-refractivity contribution in [3.63, 3.8) is 0 Å². The van der Waals surface area contributed by atoms with Crippen molar-refractivity contribution in [1.29, 1.82) is 0 Å². The van der Waals surface area contributed by atoms with E-state index in [9.17, 15) is 8.42 Å². The first-order valence-electron chi connectivity index (χ1n) is 7.03. The van der Waals surface area contributed by atoms with E-state index in [4.69, 9.17) is 0 Å². The molecule has 0 amide bonds. The van der Waals surface area contributed by atoms with Crippen LogP contribution in [0.3, 0.4) is 0 Å². The SMILES string of the molecule is CNC(c1cccc(I)c1)C1CCCC(S(C)(=O)=O)C1. The van der Waals surface area contributed by atoms with Crippen molar-refractivity contribution >= 4 is 32.4 Å². The Morgan fingerprint density at radius 1 is 1.35 bits per heavy atom. The molecule has 5 heteroatoms. The van der Waals surface area contributed by atoms with Crippen molar-refractivity contribution in [3.05, 3.63) is 33.4 Å². The minimum Gasteiger partial charge on any atom is -0.313 e. The molecule has 0 heterocycles. The zero-order valence-electron chi connectivity index (χ0n) is 12.0. The Bertz CT molecular complexity index is 559. The fourth-order valence-electron chi connectivity index (χ4n) is 3.25. The van der Waals surface area contributed by atoms with E-state index in [2.05, 4.69) is 52.2 Å². The smallest absolute Gasteiger partial charge is 0.150 e. The fraction of sp³-hybridized carbons (Fsp3) is 0.600. The molecule has 1 aliphatic carbocycles. The monoisotopic (exact) mass is 407 g/mol. The van der Waals surface area contributed by atoms with Gasteiger partial charge in [-0.3, -0.25) is 0 Å². The van der Waals surface area contributed by atoms with E-state index < -0.39 is 9.84 Å². The lowest BCUT2D eigenvalue weighted by molar-refractivity contribution is 0.282. The largest absolute Gasteiger partial charge is 0.313 e. The summed E-state index contributed by atoms with van der Waals surface area (Å²) in [6, 6.07) is 8.71. The summed E-state index contributed by atoms with van der Waals surface area (Å²) < 4.78 is 24.8. The van der Waals surface area contributed by atoms with Gasteiger partial charge in [0.2, 0.25) is 0 Å². The first-order valence-corrected chi connectivity index (χ1v) is 10.1. The van der Waals surface area contributed by atoms with Gasteiger partial charge in [-0.05, 0) is 72.5 Å². The van der Waals surface area contributed by atoms with Gasteiger partial charge in [-0.2, -0.15) is 0 Å². The van der Waals surface area contributed by atoms with Crippen molar-refractivity contribution in [2.24, 2.45) is 5.92 Å². The number of rotatable bonds is 4. The molecule has 0 saturated heterocycles. The number of halogens is 1. The molecule has 0 aliphatic heterocycles. The second-order valence-corrected chi connectivity index (χ2v) is 9.27. The maximum Gasteiger partial charge on any atom is 0.150 e. The van der Waals surface area contributed by atoms with Crippen LogP contribution in [0.15, 0.2) is 24.3 Å². The number of hydrogen-bond donors (Lipinski definition) is 1. The van der Waals surface area contributed by atoms with E-state index in [0.29, 0.717) is 5.92 Å². The summed E-state index contributed by atoms with van der Waals surface area (Å²) >= 11 is 2.32. The van der Waals surface area contributed by atoms with Crippen LogP contribution in [0.25, 0.3) is 0 Å². The van der Waals surface area contributed by atoms with Gasteiger partial charge in [-0.25, -0.2) is 8.42 Å². The van der Waals surface area contributed by atoms with Gasteiger partial charge in [-0.1, -0.05) is 18.6 Å². The molecule has 0 radical (unpaired) electrons. The standard InChI is InChI=1S/C15H22INO2S/c1-17-15(11-5-3-7-13(16)9-11)12-6-4-8-14(10-12)20(2,18)19/h3,5,7,9,12,14-15,17H,4,6,8,10H2,1-2H3. The molecule has 0 aromatic heterocycles. The van der Waals surface area contributed by atoms with E-state index in [0.717, 1.165) is 25.7 Å². The molecule has 1 N–H and O–H groups in total. The quantitative estimate of drug-likeness (QED) is 0.781. The highest BCUT2D eigenvalue weighted by Gasteiger charge is 2.33. The van der Waals surface area contributed by atoms with Crippen molar-refractivity contribution in [3.8, 4) is 0 Å². The van der Waals surface area contributed by atoms with Crippen LogP contribution in [-0.2, 0) is 9.84 Å². The Morgan fingerprint density at radius 3 is 2.70 bits per heavy atom. The zero-order valence-corrected chi connectivity index (χ0v) is 14.9. The van der Waals surface area contributed by atoms with Crippen LogP contribution in [0.2, 0.25) is 0 Å². The third-order valence-electron chi connectivity index (χ3n) is 4.26. The maximum absolute atomic E-state index is 11.8. The minimum atomic E-state index is -2.92. The van der Waals surface area contributed by atoms with Crippen LogP contribution < -0.4 is 5.32 Å². The number of sulfone groups is 1. The van der Waals surface area contributed by atoms with Gasteiger partial charge in [0.25, 0.3) is 0 Å². The van der Waals surface area contributed by atoms with Crippen LogP contribution in [0.1, 0.15) is 37.3 Å². The predicted octanol–water partition coefficient (Wildman–Crippen LogP) is 3.16. The van der Waals surface area contributed by atoms with E-state index in [1.54, 1.807) is 0 Å². The topological polar surface area (TPSA) is 46.2 Å². The molecule has 1 aromatic rings. The average Bonchev–Trinajstić information content (AvgIpc) is 2.39. The van der Waals surface area contributed by atoms with Gasteiger partial charge in [0.15, 0.2) is 0 Å². The molecule has 3 unspecified atom stereocenters. The van der Waals surface area contributed by atoms with Crippen molar-refractivity contribution < 1.29 is 8.42 Å². The van der Waals surface area contributed by atoms with Crippen molar-refractivity contribution in [2.75, 3.05) is 13.3 Å². The van der Waals surface area contributed by atoms with Gasteiger partial charge in [0.05, 0.1) is 5.25 Å². The lowest BCUT2D eigenvalue weighted by Crippen LogP contribution is -2.34. The molecule has 1 fully saturated rings. The van der Waals surface area contributed by atoms with E-state index in [1.807, 2.05) is 7.05 Å². The van der Waals surface area contributed by atoms with E-state index in [-0.39, 0.29) is 11.3 Å². The van der Waals surface area contributed by atoms with Crippen LogP contribution >= 0.6 is 22.6 Å². The zero-order chi connectivity index (χ0) is 14.8. The summed E-state index contributed by atoms with van der Waals surface area (Å²) in [5.74, 6) is 0.395. The third-order valence-corrected chi connectivity index (χ3v) is 6.57. The van der Waals surface area contributed by atoms with Gasteiger partial charge in [0.1, 0.15) is 9.84 Å². The molecule has 20 heavy (non-hydrogen) atoms. The lowest BCUT2D eigenvalue weighted by atomic mass is 9.81. The first kappa shape index (κ1) is 16.2. The molecule has 2 rings (SSSR count). The summed E-state index contributed by atoms with van der Waals surface area (Å²) in [5, 5.41) is 3.22. The van der Waals surface area contributed by atoms with Crippen molar-refractivity contribution in [2.45, 2.75) is 37.0 Å². The van der Waals surface area contributed by atoms with E-state index in [1.165, 1.54) is 15.4 Å². The molecule has 1 saturated carbocycles. The predicted molar refractivity (Wildman–Crippen MR) is 91.5 cm³/mol. The Labute approximate surface area is 135 Å². The molecule has 112 valence electrons. The molecular formula is C15H22INO2S. The van der Waals surface area contributed by atoms with Gasteiger partial charge in [0, 0.05) is 15.9 Å². The van der Waals surface area contributed by atoms with E-state index >= 15 is 0 Å². The van der Waals surface area contributed by atoms with Gasteiger partial charge in [-0.15, -0.1) is 0 Å². The van der Waals surface area contributed by atoms with Crippen LogP contribution in [-0.4, -0.2) is 27.0 Å². The molecule has 0 spiro atoms. The third kappa shape index (κ3) is 3.95. The van der Waals surface area contributed by atoms with Gasteiger partial charge < -0.3 is 5.32 Å². The molecule has 1 aromatic carbocycles. The summed E-state index contributed by atoms with van der Waals surface area (Å²) in [4.78, 5) is 0. The molecule has 3 nitrogen and oxygen atoms in total. The normalized spacial score (nSPS) is 25.4. The van der Waals surface area contributed by atoms with Crippen LogP contribution in [0.4, 0.5) is 0 Å². The summed E-state index contributed by atoms with van der Waals surface area (Å²) in [6.07, 6.45) is 5.07. The Morgan fingerprint density at radius 2 is 2.10 bits per heavy atom.